The summed E-state index contributed by atoms with van der Waals surface area (Å²) in [6.07, 6.45) is 0.971. The Hall–Kier alpha value is -1.26. The summed E-state index contributed by atoms with van der Waals surface area (Å²) >= 11 is 0. The van der Waals surface area contributed by atoms with Crippen LogP contribution < -0.4 is 14.8 Å². The van der Waals surface area contributed by atoms with Crippen LogP contribution in [-0.4, -0.2) is 26.0 Å². The van der Waals surface area contributed by atoms with Gasteiger partial charge >= 0.3 is 0 Å². The molecule has 2 rings (SSSR count). The highest BCUT2D eigenvalue weighted by molar-refractivity contribution is 5.45. The molecule has 0 bridgehead atoms. The van der Waals surface area contributed by atoms with E-state index in [1.165, 1.54) is 5.56 Å². The molecule has 1 heterocycles. The molecule has 19 heavy (non-hydrogen) atoms. The standard InChI is InChI=1S/C15H23NO3/c1-11(16-8-7-15(2,3)17-4)12-5-6-13-14(9-12)19-10-18-13/h5-6,9,11,16H,7-8,10H2,1-4H3. The zero-order valence-electron chi connectivity index (χ0n) is 12.2. The SMILES string of the molecule is COC(C)(C)CCNC(C)c1ccc2c(c1)OCO2. The zero-order valence-corrected chi connectivity index (χ0v) is 12.2. The average Bonchev–Trinajstić information content (AvgIpc) is 2.85. The van der Waals surface area contributed by atoms with Crippen molar-refractivity contribution < 1.29 is 14.2 Å². The summed E-state index contributed by atoms with van der Waals surface area (Å²) in [5, 5.41) is 3.50. The highest BCUT2D eigenvalue weighted by Gasteiger charge is 2.18. The molecule has 0 fully saturated rings. The predicted octanol–water partition coefficient (Wildman–Crippen LogP) is 2.88. The van der Waals surface area contributed by atoms with Crippen molar-refractivity contribution in [3.8, 4) is 11.5 Å². The lowest BCUT2D eigenvalue weighted by molar-refractivity contribution is 0.0154. The van der Waals surface area contributed by atoms with Crippen molar-refractivity contribution in [1.29, 1.82) is 0 Å². The molecule has 0 saturated heterocycles. The van der Waals surface area contributed by atoms with Gasteiger partial charge in [0.1, 0.15) is 0 Å². The maximum atomic E-state index is 5.41. The van der Waals surface area contributed by atoms with E-state index in [-0.39, 0.29) is 11.6 Å². The lowest BCUT2D eigenvalue weighted by atomic mass is 10.0. The number of fused-ring (bicyclic) bond motifs is 1. The van der Waals surface area contributed by atoms with E-state index >= 15 is 0 Å². The molecule has 1 aliphatic rings. The van der Waals surface area contributed by atoms with E-state index in [0.29, 0.717) is 6.79 Å². The number of ether oxygens (including phenoxy) is 3. The van der Waals surface area contributed by atoms with Crippen molar-refractivity contribution >= 4 is 0 Å². The van der Waals surface area contributed by atoms with Gasteiger partial charge in [0, 0.05) is 13.2 Å². The molecular weight excluding hydrogens is 242 g/mol. The fourth-order valence-corrected chi connectivity index (χ4v) is 1.99. The average molecular weight is 265 g/mol. The highest BCUT2D eigenvalue weighted by atomic mass is 16.7. The van der Waals surface area contributed by atoms with Crippen LogP contribution in [0.5, 0.6) is 11.5 Å². The molecule has 1 aromatic rings. The highest BCUT2D eigenvalue weighted by Crippen LogP contribution is 2.34. The minimum Gasteiger partial charge on any atom is -0.454 e. The number of hydrogen-bond donors (Lipinski definition) is 1. The number of nitrogens with one attached hydrogen (secondary N) is 1. The second-order valence-corrected chi connectivity index (χ2v) is 5.50. The monoisotopic (exact) mass is 265 g/mol. The van der Waals surface area contributed by atoms with E-state index in [0.717, 1.165) is 24.5 Å². The molecule has 1 aromatic carbocycles. The molecule has 0 aliphatic carbocycles. The Bertz CT molecular complexity index is 431. The first-order chi connectivity index (χ1) is 9.02. The van der Waals surface area contributed by atoms with Crippen LogP contribution in [0.3, 0.4) is 0 Å². The van der Waals surface area contributed by atoms with Gasteiger partial charge in [0.2, 0.25) is 6.79 Å². The quantitative estimate of drug-likeness (QED) is 0.858. The van der Waals surface area contributed by atoms with E-state index in [2.05, 4.69) is 32.2 Å². The smallest absolute Gasteiger partial charge is 0.231 e. The molecule has 1 N–H and O–H groups in total. The van der Waals surface area contributed by atoms with Crippen LogP contribution in [0.25, 0.3) is 0 Å². The molecule has 0 saturated carbocycles. The zero-order chi connectivity index (χ0) is 13.9. The summed E-state index contributed by atoms with van der Waals surface area (Å²) < 4.78 is 16.1. The van der Waals surface area contributed by atoms with Crippen LogP contribution >= 0.6 is 0 Å². The summed E-state index contributed by atoms with van der Waals surface area (Å²) in [5.41, 5.74) is 1.13. The van der Waals surface area contributed by atoms with Gasteiger partial charge in [0.25, 0.3) is 0 Å². The van der Waals surface area contributed by atoms with Gasteiger partial charge in [-0.1, -0.05) is 6.07 Å². The van der Waals surface area contributed by atoms with Gasteiger partial charge in [-0.25, -0.2) is 0 Å². The molecule has 4 nitrogen and oxygen atoms in total. The summed E-state index contributed by atoms with van der Waals surface area (Å²) in [6, 6.07) is 6.37. The summed E-state index contributed by atoms with van der Waals surface area (Å²) in [4.78, 5) is 0. The van der Waals surface area contributed by atoms with Crippen molar-refractivity contribution in [3.05, 3.63) is 23.8 Å². The topological polar surface area (TPSA) is 39.7 Å². The van der Waals surface area contributed by atoms with Crippen molar-refractivity contribution in [2.75, 3.05) is 20.4 Å². The fourth-order valence-electron chi connectivity index (χ4n) is 1.99. The third kappa shape index (κ3) is 3.61. The van der Waals surface area contributed by atoms with Gasteiger partial charge in [-0.2, -0.15) is 0 Å². The van der Waals surface area contributed by atoms with E-state index in [1.807, 2.05) is 12.1 Å². The molecule has 1 atom stereocenters. The third-order valence-corrected chi connectivity index (χ3v) is 3.63. The Balaban J connectivity index is 1.88. The lowest BCUT2D eigenvalue weighted by Crippen LogP contribution is -2.30. The van der Waals surface area contributed by atoms with Crippen molar-refractivity contribution in [2.45, 2.75) is 38.8 Å². The molecule has 0 spiro atoms. The first-order valence-corrected chi connectivity index (χ1v) is 6.70. The second kappa shape index (κ2) is 5.80. The second-order valence-electron chi connectivity index (χ2n) is 5.50. The minimum atomic E-state index is -0.0817. The van der Waals surface area contributed by atoms with E-state index in [1.54, 1.807) is 7.11 Å². The van der Waals surface area contributed by atoms with Crippen LogP contribution in [0.4, 0.5) is 0 Å². The molecule has 1 unspecified atom stereocenters. The van der Waals surface area contributed by atoms with Gasteiger partial charge in [-0.3, -0.25) is 0 Å². The fraction of sp³-hybridized carbons (Fsp3) is 0.600. The predicted molar refractivity (Wildman–Crippen MR) is 74.7 cm³/mol. The van der Waals surface area contributed by atoms with Gasteiger partial charge in [0.05, 0.1) is 5.60 Å². The third-order valence-electron chi connectivity index (χ3n) is 3.63. The number of benzene rings is 1. The van der Waals surface area contributed by atoms with Crippen LogP contribution in [0.15, 0.2) is 18.2 Å². The van der Waals surface area contributed by atoms with Crippen LogP contribution in [-0.2, 0) is 4.74 Å². The van der Waals surface area contributed by atoms with Crippen LogP contribution in [0.2, 0.25) is 0 Å². The maximum absolute atomic E-state index is 5.41. The Morgan fingerprint density at radius 1 is 1.32 bits per heavy atom. The van der Waals surface area contributed by atoms with Crippen LogP contribution in [0, 0.1) is 0 Å². The molecule has 0 radical (unpaired) electrons. The molecule has 1 aliphatic heterocycles. The molecule has 4 heteroatoms. The van der Waals surface area contributed by atoms with Gasteiger partial charge in [-0.05, 0) is 51.4 Å². The molecular formula is C15H23NO3. The van der Waals surface area contributed by atoms with Crippen molar-refractivity contribution in [3.63, 3.8) is 0 Å². The first kappa shape index (κ1) is 14.2. The van der Waals surface area contributed by atoms with Gasteiger partial charge < -0.3 is 19.5 Å². The normalized spacial score (nSPS) is 15.6. The number of methoxy groups -OCH3 is 1. The summed E-state index contributed by atoms with van der Waals surface area (Å²) in [6.45, 7) is 7.58. The van der Waals surface area contributed by atoms with Crippen molar-refractivity contribution in [2.24, 2.45) is 0 Å². The Morgan fingerprint density at radius 2 is 2.05 bits per heavy atom. The van der Waals surface area contributed by atoms with Gasteiger partial charge in [0.15, 0.2) is 11.5 Å². The molecule has 0 aromatic heterocycles. The van der Waals surface area contributed by atoms with Crippen LogP contribution in [0.1, 0.15) is 38.8 Å². The number of hydrogen-bond acceptors (Lipinski definition) is 4. The van der Waals surface area contributed by atoms with Gasteiger partial charge in [-0.15, -0.1) is 0 Å². The maximum Gasteiger partial charge on any atom is 0.231 e. The Labute approximate surface area is 115 Å². The number of rotatable bonds is 6. The molecule has 0 amide bonds. The van der Waals surface area contributed by atoms with E-state index in [4.69, 9.17) is 14.2 Å². The first-order valence-electron chi connectivity index (χ1n) is 6.70. The van der Waals surface area contributed by atoms with E-state index in [9.17, 15) is 0 Å². The van der Waals surface area contributed by atoms with Crippen molar-refractivity contribution in [1.82, 2.24) is 5.32 Å². The largest absolute Gasteiger partial charge is 0.454 e. The Kier molecular flexibility index (Phi) is 4.32. The molecule has 106 valence electrons. The summed E-state index contributed by atoms with van der Waals surface area (Å²) in [5.74, 6) is 1.67. The lowest BCUT2D eigenvalue weighted by Gasteiger charge is -2.24. The minimum absolute atomic E-state index is 0.0817. The Morgan fingerprint density at radius 3 is 2.79 bits per heavy atom. The summed E-state index contributed by atoms with van der Waals surface area (Å²) in [7, 11) is 1.75. The van der Waals surface area contributed by atoms with E-state index < -0.39 is 0 Å².